The van der Waals surface area contributed by atoms with E-state index < -0.39 is 0 Å². The van der Waals surface area contributed by atoms with Crippen LogP contribution in [-0.4, -0.2) is 32.8 Å². The van der Waals surface area contributed by atoms with Gasteiger partial charge in [0.25, 0.3) is 0 Å². The molecule has 1 atom stereocenters. The van der Waals surface area contributed by atoms with Crippen LogP contribution >= 0.6 is 39.3 Å². The Balaban J connectivity index is 2.21. The maximum absolute atomic E-state index is 11.9. The van der Waals surface area contributed by atoms with Gasteiger partial charge in [0.2, 0.25) is 11.2 Å². The van der Waals surface area contributed by atoms with E-state index in [0.717, 1.165) is 0 Å². The highest BCUT2D eigenvalue weighted by molar-refractivity contribution is 9.10. The molecule has 1 amide bonds. The smallest absolute Gasteiger partial charge is 0.229 e. The number of anilines is 1. The molecule has 96 valence electrons. The molecular formula is C10H9BrClN3O2S. The van der Waals surface area contributed by atoms with Gasteiger partial charge in [-0.05, 0) is 27.5 Å². The van der Waals surface area contributed by atoms with Gasteiger partial charge in [-0.3, -0.25) is 14.5 Å². The quantitative estimate of drug-likeness (QED) is 0.766. The summed E-state index contributed by atoms with van der Waals surface area (Å²) < 4.78 is 0.605. The van der Waals surface area contributed by atoms with Crippen molar-refractivity contribution >= 4 is 56.1 Å². The van der Waals surface area contributed by atoms with Crippen LogP contribution in [0.25, 0.3) is 0 Å². The van der Waals surface area contributed by atoms with Crippen LogP contribution in [-0.2, 0) is 9.59 Å². The molecule has 1 saturated heterocycles. The van der Waals surface area contributed by atoms with Crippen molar-refractivity contribution in [1.29, 1.82) is 0 Å². The fraction of sp³-hybridized carbons (Fsp3) is 0.400. The summed E-state index contributed by atoms with van der Waals surface area (Å²) in [5.41, 5.74) is 0. The molecule has 2 rings (SSSR count). The number of hydrogen-bond acceptors (Lipinski definition) is 5. The Hall–Kier alpha value is -0.660. The molecule has 1 aliphatic rings. The first kappa shape index (κ1) is 13.8. The molecule has 0 bridgehead atoms. The Bertz CT molecular complexity index is 514. The van der Waals surface area contributed by atoms with E-state index in [1.165, 1.54) is 29.8 Å². The molecule has 18 heavy (non-hydrogen) atoms. The lowest BCUT2D eigenvalue weighted by atomic mass is 10.4. The number of halogens is 2. The standard InChI is InChI=1S/C10H9BrClN3O2S/c1-5(16)18-6-2-8(17)15(4-6)9-7(11)3-13-10(12)14-9/h3,6H,2,4H2,1H3. The molecule has 0 aromatic carbocycles. The first-order valence-electron chi connectivity index (χ1n) is 5.13. The maximum Gasteiger partial charge on any atom is 0.229 e. The van der Waals surface area contributed by atoms with Gasteiger partial charge in [-0.25, -0.2) is 4.98 Å². The lowest BCUT2D eigenvalue weighted by Gasteiger charge is -2.16. The molecule has 1 fully saturated rings. The third-order valence-corrected chi connectivity index (χ3v) is 4.10. The highest BCUT2D eigenvalue weighted by Crippen LogP contribution is 2.31. The van der Waals surface area contributed by atoms with Crippen molar-refractivity contribution in [1.82, 2.24) is 9.97 Å². The molecule has 1 aromatic heterocycles. The Labute approximate surface area is 121 Å². The van der Waals surface area contributed by atoms with E-state index in [9.17, 15) is 9.59 Å². The topological polar surface area (TPSA) is 63.2 Å². The average molecular weight is 351 g/mol. The maximum atomic E-state index is 11.9. The van der Waals surface area contributed by atoms with E-state index in [0.29, 0.717) is 23.3 Å². The van der Waals surface area contributed by atoms with Crippen molar-refractivity contribution in [3.63, 3.8) is 0 Å². The second kappa shape index (κ2) is 5.54. The van der Waals surface area contributed by atoms with Crippen molar-refractivity contribution in [2.45, 2.75) is 18.6 Å². The minimum atomic E-state index is -0.0655. The second-order valence-electron chi connectivity index (χ2n) is 3.75. The zero-order valence-corrected chi connectivity index (χ0v) is 12.5. The third-order valence-electron chi connectivity index (χ3n) is 2.37. The molecule has 8 heteroatoms. The molecule has 0 saturated carbocycles. The number of aromatic nitrogens is 2. The molecule has 2 heterocycles. The molecule has 0 radical (unpaired) electrons. The van der Waals surface area contributed by atoms with Crippen molar-refractivity contribution in [3.8, 4) is 0 Å². The van der Waals surface area contributed by atoms with E-state index in [1.54, 1.807) is 0 Å². The summed E-state index contributed by atoms with van der Waals surface area (Å²) in [4.78, 5) is 32.3. The molecule has 1 unspecified atom stereocenters. The van der Waals surface area contributed by atoms with E-state index in [1.807, 2.05) is 0 Å². The van der Waals surface area contributed by atoms with Gasteiger partial charge < -0.3 is 0 Å². The van der Waals surface area contributed by atoms with Gasteiger partial charge in [-0.15, -0.1) is 0 Å². The minimum absolute atomic E-state index is 0.00874. The lowest BCUT2D eigenvalue weighted by molar-refractivity contribution is -0.117. The fourth-order valence-electron chi connectivity index (χ4n) is 1.72. The van der Waals surface area contributed by atoms with Crippen molar-refractivity contribution in [3.05, 3.63) is 16.0 Å². The molecule has 1 aliphatic heterocycles. The predicted molar refractivity (Wildman–Crippen MR) is 73.8 cm³/mol. The summed E-state index contributed by atoms with van der Waals surface area (Å²) in [6, 6.07) is 0. The van der Waals surface area contributed by atoms with Crippen LogP contribution in [0.5, 0.6) is 0 Å². The number of amides is 1. The fourth-order valence-corrected chi connectivity index (χ4v) is 3.17. The molecule has 5 nitrogen and oxygen atoms in total. The lowest BCUT2D eigenvalue weighted by Crippen LogP contribution is -2.26. The summed E-state index contributed by atoms with van der Waals surface area (Å²) in [7, 11) is 0. The normalized spacial score (nSPS) is 19.4. The Morgan fingerprint density at radius 1 is 1.67 bits per heavy atom. The number of nitrogens with zero attached hydrogens (tertiary/aromatic N) is 3. The predicted octanol–water partition coefficient (Wildman–Crippen LogP) is 2.28. The van der Waals surface area contributed by atoms with Gasteiger partial charge in [0.1, 0.15) is 0 Å². The van der Waals surface area contributed by atoms with Gasteiger partial charge >= 0.3 is 0 Å². The van der Waals surface area contributed by atoms with Crippen LogP contribution in [0.4, 0.5) is 5.82 Å². The molecule has 0 aliphatic carbocycles. The van der Waals surface area contributed by atoms with E-state index in [2.05, 4.69) is 25.9 Å². The van der Waals surface area contributed by atoms with Crippen molar-refractivity contribution in [2.75, 3.05) is 11.4 Å². The number of thioether (sulfide) groups is 1. The van der Waals surface area contributed by atoms with E-state index >= 15 is 0 Å². The summed E-state index contributed by atoms with van der Waals surface area (Å²) in [6.07, 6.45) is 1.84. The van der Waals surface area contributed by atoms with Crippen LogP contribution in [0.3, 0.4) is 0 Å². The number of carbonyl (C=O) groups is 2. The summed E-state index contributed by atoms with van der Waals surface area (Å²) in [5, 5.41) is 0.0637. The van der Waals surface area contributed by atoms with Gasteiger partial charge in [0.05, 0.1) is 4.47 Å². The van der Waals surface area contributed by atoms with Crippen LogP contribution in [0, 0.1) is 0 Å². The zero-order chi connectivity index (χ0) is 13.3. The van der Waals surface area contributed by atoms with E-state index in [-0.39, 0.29) is 21.6 Å². The molecule has 1 aromatic rings. The van der Waals surface area contributed by atoms with Gasteiger partial charge in [0, 0.05) is 31.3 Å². The van der Waals surface area contributed by atoms with Crippen LogP contribution < -0.4 is 4.90 Å². The van der Waals surface area contributed by atoms with Crippen LogP contribution in [0.15, 0.2) is 10.7 Å². The van der Waals surface area contributed by atoms with E-state index in [4.69, 9.17) is 11.6 Å². The van der Waals surface area contributed by atoms with Crippen molar-refractivity contribution < 1.29 is 9.59 Å². The Morgan fingerprint density at radius 2 is 2.39 bits per heavy atom. The largest absolute Gasteiger partial charge is 0.295 e. The number of hydrogen-bond donors (Lipinski definition) is 0. The molecule has 0 spiro atoms. The second-order valence-corrected chi connectivity index (χ2v) is 6.42. The highest BCUT2D eigenvalue weighted by Gasteiger charge is 2.33. The van der Waals surface area contributed by atoms with Crippen LogP contribution in [0.1, 0.15) is 13.3 Å². The summed E-state index contributed by atoms with van der Waals surface area (Å²) >= 11 is 10.2. The monoisotopic (exact) mass is 349 g/mol. The summed E-state index contributed by atoms with van der Waals surface area (Å²) in [5.74, 6) is 0.385. The third kappa shape index (κ3) is 3.02. The first-order valence-corrected chi connectivity index (χ1v) is 7.18. The first-order chi connectivity index (χ1) is 8.47. The Kier molecular flexibility index (Phi) is 4.24. The summed E-state index contributed by atoms with van der Waals surface area (Å²) in [6.45, 7) is 1.95. The Morgan fingerprint density at radius 3 is 3.06 bits per heavy atom. The number of carbonyl (C=O) groups excluding carboxylic acids is 2. The van der Waals surface area contributed by atoms with Gasteiger partial charge in [-0.2, -0.15) is 4.98 Å². The highest BCUT2D eigenvalue weighted by atomic mass is 79.9. The number of rotatable bonds is 2. The minimum Gasteiger partial charge on any atom is -0.295 e. The van der Waals surface area contributed by atoms with Crippen molar-refractivity contribution in [2.24, 2.45) is 0 Å². The van der Waals surface area contributed by atoms with Crippen LogP contribution in [0.2, 0.25) is 5.28 Å². The molecule has 0 N–H and O–H groups in total. The van der Waals surface area contributed by atoms with Gasteiger partial charge in [-0.1, -0.05) is 11.8 Å². The zero-order valence-electron chi connectivity index (χ0n) is 9.39. The molecular weight excluding hydrogens is 342 g/mol. The average Bonchev–Trinajstić information content (AvgIpc) is 2.62. The SMILES string of the molecule is CC(=O)SC1CC(=O)N(c2nc(Cl)ncc2Br)C1. The van der Waals surface area contributed by atoms with Gasteiger partial charge in [0.15, 0.2) is 10.9 Å².